The van der Waals surface area contributed by atoms with E-state index in [2.05, 4.69) is 10.3 Å². The van der Waals surface area contributed by atoms with Crippen LogP contribution in [0.25, 0.3) is 0 Å². The Morgan fingerprint density at radius 2 is 2.00 bits per heavy atom. The van der Waals surface area contributed by atoms with Crippen molar-refractivity contribution in [2.45, 2.75) is 25.7 Å². The van der Waals surface area contributed by atoms with Crippen LogP contribution in [0.2, 0.25) is 0 Å². The molecule has 0 spiro atoms. The minimum Gasteiger partial charge on any atom is -0.352 e. The summed E-state index contributed by atoms with van der Waals surface area (Å²) in [5.41, 5.74) is 4.86. The highest BCUT2D eigenvalue weighted by Crippen LogP contribution is 1.98. The van der Waals surface area contributed by atoms with Crippen LogP contribution in [0.1, 0.15) is 25.7 Å². The van der Waals surface area contributed by atoms with E-state index in [1.165, 1.54) is 6.08 Å². The lowest BCUT2D eigenvalue weighted by Gasteiger charge is -2.00. The van der Waals surface area contributed by atoms with Gasteiger partial charge in [0.25, 0.3) is 0 Å². The highest BCUT2D eigenvalue weighted by Gasteiger charge is 1.91. The van der Waals surface area contributed by atoms with Gasteiger partial charge in [-0.1, -0.05) is 12.8 Å². The predicted octanol–water partition coefficient (Wildman–Crippen LogP) is 0.551. The van der Waals surface area contributed by atoms with Gasteiger partial charge in [-0.15, -0.1) is 0 Å². The van der Waals surface area contributed by atoms with Gasteiger partial charge in [0.05, 0.1) is 6.54 Å². The average molecular weight is 185 g/mol. The lowest BCUT2D eigenvalue weighted by molar-refractivity contribution is 0.248. The Morgan fingerprint density at radius 1 is 1.31 bits per heavy atom. The molecule has 5 nitrogen and oxygen atoms in total. The topological polar surface area (TPSA) is 84.6 Å². The number of urea groups is 1. The molecule has 0 aromatic rings. The summed E-state index contributed by atoms with van der Waals surface area (Å²) in [6.07, 6.45) is 5.31. The second kappa shape index (κ2) is 8.74. The fourth-order valence-electron chi connectivity index (χ4n) is 0.927. The van der Waals surface area contributed by atoms with Crippen molar-refractivity contribution in [1.82, 2.24) is 5.32 Å². The Labute approximate surface area is 77.4 Å². The standard InChI is InChI=1S/C8H15N3O2/c9-8(13)11-6-4-2-1-3-5-10-7-12/h1-6H2,(H3,9,11,13). The molecule has 0 aromatic heterocycles. The summed E-state index contributed by atoms with van der Waals surface area (Å²) >= 11 is 0. The summed E-state index contributed by atoms with van der Waals surface area (Å²) in [7, 11) is 0. The Kier molecular flexibility index (Phi) is 7.84. The van der Waals surface area contributed by atoms with Gasteiger partial charge in [-0.3, -0.25) is 0 Å². The molecule has 0 atom stereocenters. The van der Waals surface area contributed by atoms with Crippen LogP contribution < -0.4 is 11.1 Å². The molecule has 0 bridgehead atoms. The van der Waals surface area contributed by atoms with Crippen molar-refractivity contribution in [3.63, 3.8) is 0 Å². The first kappa shape index (κ1) is 11.6. The second-order valence-electron chi connectivity index (χ2n) is 2.68. The van der Waals surface area contributed by atoms with Crippen molar-refractivity contribution in [3.05, 3.63) is 0 Å². The lowest BCUT2D eigenvalue weighted by Crippen LogP contribution is -2.29. The normalized spacial score (nSPS) is 8.92. The van der Waals surface area contributed by atoms with E-state index in [-0.39, 0.29) is 0 Å². The minimum absolute atomic E-state index is 0.481. The van der Waals surface area contributed by atoms with Crippen molar-refractivity contribution in [1.29, 1.82) is 0 Å². The van der Waals surface area contributed by atoms with Gasteiger partial charge in [-0.05, 0) is 12.8 Å². The number of hydrogen-bond donors (Lipinski definition) is 2. The van der Waals surface area contributed by atoms with E-state index >= 15 is 0 Å². The third-order valence-corrected chi connectivity index (χ3v) is 1.56. The van der Waals surface area contributed by atoms with Crippen LogP contribution >= 0.6 is 0 Å². The van der Waals surface area contributed by atoms with Crippen LogP contribution in [0.5, 0.6) is 0 Å². The summed E-state index contributed by atoms with van der Waals surface area (Å²) in [4.78, 5) is 23.3. The average Bonchev–Trinajstić information content (AvgIpc) is 2.09. The Morgan fingerprint density at radius 3 is 2.62 bits per heavy atom. The number of primary amides is 1. The molecule has 13 heavy (non-hydrogen) atoms. The molecule has 0 unspecified atom stereocenters. The van der Waals surface area contributed by atoms with Gasteiger partial charge in [0, 0.05) is 6.54 Å². The van der Waals surface area contributed by atoms with E-state index in [0.29, 0.717) is 13.1 Å². The van der Waals surface area contributed by atoms with Crippen molar-refractivity contribution in [3.8, 4) is 0 Å². The third-order valence-electron chi connectivity index (χ3n) is 1.56. The molecule has 0 aliphatic heterocycles. The molecule has 0 fully saturated rings. The number of carbonyl (C=O) groups is 1. The molecular formula is C8H15N3O2. The van der Waals surface area contributed by atoms with Gasteiger partial charge in [0.15, 0.2) is 0 Å². The van der Waals surface area contributed by atoms with Gasteiger partial charge in [-0.25, -0.2) is 14.6 Å². The molecule has 0 saturated carbocycles. The molecule has 0 aliphatic rings. The van der Waals surface area contributed by atoms with Crippen LogP contribution in [-0.4, -0.2) is 25.2 Å². The van der Waals surface area contributed by atoms with Crippen LogP contribution in [-0.2, 0) is 4.79 Å². The number of isocyanates is 1. The van der Waals surface area contributed by atoms with Gasteiger partial charge >= 0.3 is 6.03 Å². The van der Waals surface area contributed by atoms with E-state index < -0.39 is 6.03 Å². The fraction of sp³-hybridized carbons (Fsp3) is 0.750. The SMILES string of the molecule is NC(=O)NCCCCCCN=C=O. The Hall–Kier alpha value is -1.35. The first-order valence-electron chi connectivity index (χ1n) is 4.34. The van der Waals surface area contributed by atoms with Crippen molar-refractivity contribution in [2.75, 3.05) is 13.1 Å². The Balaban J connectivity index is 2.99. The summed E-state index contributed by atoms with van der Waals surface area (Å²) in [5.74, 6) is 0. The number of carbonyl (C=O) groups excluding carboxylic acids is 2. The summed E-state index contributed by atoms with van der Waals surface area (Å²) < 4.78 is 0. The third kappa shape index (κ3) is 10.7. The van der Waals surface area contributed by atoms with Gasteiger partial charge in [-0.2, -0.15) is 0 Å². The van der Waals surface area contributed by atoms with Gasteiger partial charge in [0.2, 0.25) is 6.08 Å². The first-order chi connectivity index (χ1) is 6.27. The van der Waals surface area contributed by atoms with Crippen LogP contribution in [0, 0.1) is 0 Å². The molecule has 3 N–H and O–H groups in total. The zero-order valence-corrected chi connectivity index (χ0v) is 7.58. The Bertz CT molecular complexity index is 182. The van der Waals surface area contributed by atoms with Crippen molar-refractivity contribution < 1.29 is 9.59 Å². The zero-order valence-electron chi connectivity index (χ0n) is 7.58. The molecular weight excluding hydrogens is 170 g/mol. The number of nitrogens with two attached hydrogens (primary N) is 1. The van der Waals surface area contributed by atoms with Crippen LogP contribution in [0.15, 0.2) is 4.99 Å². The lowest BCUT2D eigenvalue weighted by atomic mass is 10.2. The fourth-order valence-corrected chi connectivity index (χ4v) is 0.927. The zero-order chi connectivity index (χ0) is 9.94. The number of rotatable bonds is 7. The maximum atomic E-state index is 10.2. The molecule has 0 rings (SSSR count). The van der Waals surface area contributed by atoms with E-state index in [1.807, 2.05) is 0 Å². The van der Waals surface area contributed by atoms with Crippen molar-refractivity contribution >= 4 is 12.1 Å². The largest absolute Gasteiger partial charge is 0.352 e. The van der Waals surface area contributed by atoms with E-state index in [0.717, 1.165) is 25.7 Å². The predicted molar refractivity (Wildman–Crippen MR) is 49.0 cm³/mol. The first-order valence-corrected chi connectivity index (χ1v) is 4.34. The monoisotopic (exact) mass is 185 g/mol. The molecule has 2 amide bonds. The molecule has 5 heteroatoms. The summed E-state index contributed by atoms with van der Waals surface area (Å²) in [6.45, 7) is 1.17. The van der Waals surface area contributed by atoms with E-state index in [4.69, 9.17) is 5.73 Å². The maximum Gasteiger partial charge on any atom is 0.312 e. The molecule has 0 radical (unpaired) electrons. The number of nitrogens with zero attached hydrogens (tertiary/aromatic N) is 1. The maximum absolute atomic E-state index is 10.2. The van der Waals surface area contributed by atoms with Crippen molar-refractivity contribution in [2.24, 2.45) is 10.7 Å². The molecule has 74 valence electrons. The molecule has 0 heterocycles. The number of nitrogens with one attached hydrogen (secondary N) is 1. The molecule has 0 saturated heterocycles. The van der Waals surface area contributed by atoms with E-state index in [9.17, 15) is 9.59 Å². The highest BCUT2D eigenvalue weighted by atomic mass is 16.2. The molecule has 0 aromatic carbocycles. The smallest absolute Gasteiger partial charge is 0.312 e. The summed E-state index contributed by atoms with van der Waals surface area (Å²) in [6, 6.07) is -0.481. The van der Waals surface area contributed by atoms with Crippen LogP contribution in [0.4, 0.5) is 4.79 Å². The minimum atomic E-state index is -0.481. The quantitative estimate of drug-likeness (QED) is 0.345. The number of amides is 2. The van der Waals surface area contributed by atoms with E-state index in [1.54, 1.807) is 0 Å². The van der Waals surface area contributed by atoms with Gasteiger partial charge < -0.3 is 11.1 Å². The highest BCUT2D eigenvalue weighted by molar-refractivity contribution is 5.71. The molecule has 0 aliphatic carbocycles. The van der Waals surface area contributed by atoms with Crippen LogP contribution in [0.3, 0.4) is 0 Å². The summed E-state index contributed by atoms with van der Waals surface area (Å²) in [5, 5.41) is 2.50. The second-order valence-corrected chi connectivity index (χ2v) is 2.68. The number of hydrogen-bond acceptors (Lipinski definition) is 3. The number of unbranched alkanes of at least 4 members (excludes halogenated alkanes) is 3. The van der Waals surface area contributed by atoms with Gasteiger partial charge in [0.1, 0.15) is 0 Å². The number of aliphatic imine (C=N–C) groups is 1.